The SMILES string of the molecule is c1ccc2c(c1)Oc1cc(-c3ccccc3-c3c4ccccc4c(-c4cc5ccccc5c5ccccc45)c4ccccc34)cc3c1B2c1ccccc1O3. The molecular formula is C52H31BO2. The second-order valence-electron chi connectivity index (χ2n) is 14.7. The van der Waals surface area contributed by atoms with Gasteiger partial charge in [0.25, 0.3) is 6.71 Å². The van der Waals surface area contributed by atoms with Gasteiger partial charge in [0.05, 0.1) is 0 Å². The standard InChI is InChI=1S/C52H31BO2/c1-2-16-34-32(15-1)29-43(37-19-5-4-18-36(34)37)51-41-23-9-7-21-39(41)50(40-22-8-10-24-42(40)51)38-20-6-3-17-35(38)33-30-48-52-49(31-33)55-47-28-14-12-26-45(47)53(52)44-25-11-13-27-46(44)54-48/h1-31H. The highest BCUT2D eigenvalue weighted by molar-refractivity contribution is 6.98. The van der Waals surface area contributed by atoms with Crippen LogP contribution in [0.4, 0.5) is 0 Å². The summed E-state index contributed by atoms with van der Waals surface area (Å²) >= 11 is 0. The van der Waals surface area contributed by atoms with E-state index in [0.717, 1.165) is 50.5 Å². The van der Waals surface area contributed by atoms with Crippen LogP contribution in [0.1, 0.15) is 0 Å². The predicted molar refractivity (Wildman–Crippen MR) is 230 cm³/mol. The van der Waals surface area contributed by atoms with E-state index < -0.39 is 0 Å². The van der Waals surface area contributed by atoms with Gasteiger partial charge < -0.3 is 9.47 Å². The van der Waals surface area contributed by atoms with Gasteiger partial charge in [-0.05, 0) is 118 Å². The highest BCUT2D eigenvalue weighted by atomic mass is 16.5. The third-order valence-electron chi connectivity index (χ3n) is 11.8. The van der Waals surface area contributed by atoms with E-state index in [1.807, 2.05) is 0 Å². The van der Waals surface area contributed by atoms with E-state index in [1.54, 1.807) is 0 Å². The number of benzene rings is 10. The Morgan fingerprint density at radius 3 is 1.35 bits per heavy atom. The van der Waals surface area contributed by atoms with Crippen LogP contribution in [-0.2, 0) is 0 Å². The molecule has 254 valence electrons. The van der Waals surface area contributed by atoms with E-state index in [4.69, 9.17) is 9.47 Å². The quantitative estimate of drug-likeness (QED) is 0.104. The zero-order valence-corrected chi connectivity index (χ0v) is 29.8. The molecule has 0 amide bonds. The first kappa shape index (κ1) is 30.4. The summed E-state index contributed by atoms with van der Waals surface area (Å²) in [7, 11) is 0. The number of hydrogen-bond acceptors (Lipinski definition) is 2. The molecular weight excluding hydrogens is 667 g/mol. The Hall–Kier alpha value is -7.10. The van der Waals surface area contributed by atoms with Crippen LogP contribution in [0.5, 0.6) is 23.0 Å². The maximum atomic E-state index is 6.74. The van der Waals surface area contributed by atoms with Crippen LogP contribution < -0.4 is 25.9 Å². The van der Waals surface area contributed by atoms with Gasteiger partial charge in [0.1, 0.15) is 23.0 Å². The molecule has 2 aliphatic rings. The van der Waals surface area contributed by atoms with Crippen LogP contribution in [0.15, 0.2) is 188 Å². The van der Waals surface area contributed by atoms with Crippen LogP contribution >= 0.6 is 0 Å². The van der Waals surface area contributed by atoms with Gasteiger partial charge in [-0.15, -0.1) is 0 Å². The van der Waals surface area contributed by atoms with Crippen molar-refractivity contribution >= 4 is 66.2 Å². The first-order valence-corrected chi connectivity index (χ1v) is 19.0. The predicted octanol–water partition coefficient (Wildman–Crippen LogP) is 12.0. The average molecular weight is 699 g/mol. The highest BCUT2D eigenvalue weighted by Crippen LogP contribution is 2.49. The van der Waals surface area contributed by atoms with Gasteiger partial charge in [0.2, 0.25) is 0 Å². The van der Waals surface area contributed by atoms with Gasteiger partial charge in [-0.25, -0.2) is 0 Å². The smallest absolute Gasteiger partial charge is 0.260 e. The minimum Gasteiger partial charge on any atom is -0.458 e. The minimum absolute atomic E-state index is 0.0378. The largest absolute Gasteiger partial charge is 0.458 e. The van der Waals surface area contributed by atoms with Crippen LogP contribution in [0.2, 0.25) is 0 Å². The third-order valence-corrected chi connectivity index (χ3v) is 11.8. The Bertz CT molecular complexity index is 3110. The van der Waals surface area contributed by atoms with Gasteiger partial charge in [-0.2, -0.15) is 0 Å². The molecule has 2 heterocycles. The monoisotopic (exact) mass is 698 g/mol. The Kier molecular flexibility index (Phi) is 6.46. The van der Waals surface area contributed by atoms with Crippen molar-refractivity contribution in [3.8, 4) is 56.4 Å². The molecule has 12 rings (SSSR count). The van der Waals surface area contributed by atoms with E-state index in [-0.39, 0.29) is 6.71 Å². The fraction of sp³-hybridized carbons (Fsp3) is 0. The molecule has 2 aliphatic heterocycles. The number of fused-ring (bicyclic) bond motifs is 9. The minimum atomic E-state index is 0.0378. The molecule has 0 unspecified atom stereocenters. The van der Waals surface area contributed by atoms with Crippen molar-refractivity contribution < 1.29 is 9.47 Å². The van der Waals surface area contributed by atoms with Crippen molar-refractivity contribution in [3.63, 3.8) is 0 Å². The Morgan fingerprint density at radius 2 is 0.745 bits per heavy atom. The molecule has 2 nitrogen and oxygen atoms in total. The van der Waals surface area contributed by atoms with Gasteiger partial charge in [0, 0.05) is 5.46 Å². The zero-order valence-electron chi connectivity index (χ0n) is 29.8. The molecule has 0 radical (unpaired) electrons. The maximum Gasteiger partial charge on any atom is 0.260 e. The molecule has 0 N–H and O–H groups in total. The molecule has 10 aromatic carbocycles. The number of para-hydroxylation sites is 2. The van der Waals surface area contributed by atoms with Crippen LogP contribution in [-0.4, -0.2) is 6.71 Å². The summed E-state index contributed by atoms with van der Waals surface area (Å²) < 4.78 is 13.5. The summed E-state index contributed by atoms with van der Waals surface area (Å²) in [6, 6.07) is 67.9. The highest BCUT2D eigenvalue weighted by Gasteiger charge is 2.40. The molecule has 0 spiro atoms. The Morgan fingerprint density at radius 1 is 0.309 bits per heavy atom. The van der Waals surface area contributed by atoms with Crippen molar-refractivity contribution in [1.29, 1.82) is 0 Å². The summed E-state index contributed by atoms with van der Waals surface area (Å²) in [5.74, 6) is 3.46. The van der Waals surface area contributed by atoms with Crippen LogP contribution in [0, 0.1) is 0 Å². The molecule has 0 saturated carbocycles. The van der Waals surface area contributed by atoms with Crippen LogP contribution in [0.25, 0.3) is 76.5 Å². The number of ether oxygens (including phenoxy) is 2. The van der Waals surface area contributed by atoms with E-state index in [2.05, 4.69) is 188 Å². The second-order valence-corrected chi connectivity index (χ2v) is 14.7. The summed E-state index contributed by atoms with van der Waals surface area (Å²) in [6.07, 6.45) is 0. The third kappa shape index (κ3) is 4.44. The molecule has 3 heteroatoms. The fourth-order valence-electron chi connectivity index (χ4n) is 9.47. The van der Waals surface area contributed by atoms with Crippen LogP contribution in [0.3, 0.4) is 0 Å². The number of rotatable bonds is 3. The number of hydrogen-bond donors (Lipinski definition) is 0. The average Bonchev–Trinajstić information content (AvgIpc) is 3.25. The Labute approximate surface area is 318 Å². The van der Waals surface area contributed by atoms with Crippen molar-refractivity contribution in [1.82, 2.24) is 0 Å². The summed E-state index contributed by atoms with van der Waals surface area (Å²) in [6.45, 7) is 0.0378. The fourth-order valence-corrected chi connectivity index (χ4v) is 9.47. The molecule has 0 fully saturated rings. The Balaban J connectivity index is 1.12. The molecule has 0 aliphatic carbocycles. The summed E-state index contributed by atoms with van der Waals surface area (Å²) in [5, 5.41) is 9.94. The van der Waals surface area contributed by atoms with Gasteiger partial charge in [-0.1, -0.05) is 158 Å². The van der Waals surface area contributed by atoms with Crippen molar-refractivity contribution in [2.24, 2.45) is 0 Å². The van der Waals surface area contributed by atoms with E-state index in [1.165, 1.54) is 65.3 Å². The van der Waals surface area contributed by atoms with E-state index >= 15 is 0 Å². The lowest BCUT2D eigenvalue weighted by atomic mass is 9.35. The molecule has 10 aromatic rings. The van der Waals surface area contributed by atoms with Crippen molar-refractivity contribution in [2.45, 2.75) is 0 Å². The maximum absolute atomic E-state index is 6.74. The van der Waals surface area contributed by atoms with Gasteiger partial charge >= 0.3 is 0 Å². The lowest BCUT2D eigenvalue weighted by molar-refractivity contribution is 0.465. The first-order valence-electron chi connectivity index (χ1n) is 19.0. The lowest BCUT2D eigenvalue weighted by Crippen LogP contribution is -2.57. The summed E-state index contributed by atoms with van der Waals surface area (Å²) in [4.78, 5) is 0. The van der Waals surface area contributed by atoms with E-state index in [9.17, 15) is 0 Å². The van der Waals surface area contributed by atoms with Gasteiger partial charge in [0.15, 0.2) is 0 Å². The molecule has 0 saturated heterocycles. The lowest BCUT2D eigenvalue weighted by Gasteiger charge is -2.33. The van der Waals surface area contributed by atoms with Crippen molar-refractivity contribution in [2.75, 3.05) is 0 Å². The second kappa shape index (κ2) is 11.7. The first-order chi connectivity index (χ1) is 27.3. The zero-order chi connectivity index (χ0) is 36.0. The molecule has 0 aromatic heterocycles. The molecule has 0 atom stereocenters. The molecule has 0 bridgehead atoms. The van der Waals surface area contributed by atoms with E-state index in [0.29, 0.717) is 0 Å². The van der Waals surface area contributed by atoms with Gasteiger partial charge in [-0.3, -0.25) is 0 Å². The molecule has 55 heavy (non-hydrogen) atoms. The van der Waals surface area contributed by atoms with Crippen molar-refractivity contribution in [3.05, 3.63) is 188 Å². The topological polar surface area (TPSA) is 18.5 Å². The summed E-state index contributed by atoms with van der Waals surface area (Å²) in [5.41, 5.74) is 10.5. The normalized spacial score (nSPS) is 12.6.